The normalized spacial score (nSPS) is 27.6. The molecule has 7 heteroatoms. The summed E-state index contributed by atoms with van der Waals surface area (Å²) in [4.78, 5) is 19.0. The standard InChI is InChI=1S/C9H18O5P2/c1-2-3-8-15(10,11)16(12,13)14-9-6-4-5-7-9/h4,6,9H,2-3,5,7-8H2,1H3,(H,10,11)(H,12,13). The van der Waals surface area contributed by atoms with E-state index >= 15 is 0 Å². The molecule has 1 rings (SSSR count). The zero-order valence-electron chi connectivity index (χ0n) is 9.28. The summed E-state index contributed by atoms with van der Waals surface area (Å²) in [6, 6.07) is 0. The molecule has 5 nitrogen and oxygen atoms in total. The third-order valence-electron chi connectivity index (χ3n) is 2.44. The van der Waals surface area contributed by atoms with Crippen molar-refractivity contribution in [2.75, 3.05) is 6.16 Å². The molecule has 16 heavy (non-hydrogen) atoms. The van der Waals surface area contributed by atoms with Crippen LogP contribution in [0, 0.1) is 0 Å². The van der Waals surface area contributed by atoms with Gasteiger partial charge in [0.1, 0.15) is 0 Å². The van der Waals surface area contributed by atoms with E-state index in [0.717, 1.165) is 6.42 Å². The zero-order valence-corrected chi connectivity index (χ0v) is 11.1. The lowest BCUT2D eigenvalue weighted by Crippen LogP contribution is -2.05. The van der Waals surface area contributed by atoms with Crippen LogP contribution in [0.1, 0.15) is 32.6 Å². The molecule has 0 aromatic heterocycles. The summed E-state index contributed by atoms with van der Waals surface area (Å²) in [7, 11) is -8.52. The lowest BCUT2D eigenvalue weighted by atomic mass is 10.3. The van der Waals surface area contributed by atoms with E-state index in [9.17, 15) is 18.9 Å². The maximum absolute atomic E-state index is 11.7. The first kappa shape index (κ1) is 14.1. The van der Waals surface area contributed by atoms with Gasteiger partial charge in [-0.2, -0.15) is 0 Å². The van der Waals surface area contributed by atoms with Gasteiger partial charge >= 0.3 is 14.3 Å². The molecule has 0 heterocycles. The van der Waals surface area contributed by atoms with Crippen molar-refractivity contribution in [2.24, 2.45) is 0 Å². The summed E-state index contributed by atoms with van der Waals surface area (Å²) in [5, 5.41) is 0. The van der Waals surface area contributed by atoms with Gasteiger partial charge in [-0.15, -0.1) is 0 Å². The van der Waals surface area contributed by atoms with E-state index < -0.39 is 20.4 Å². The molecule has 0 spiro atoms. The van der Waals surface area contributed by atoms with Crippen molar-refractivity contribution in [3.05, 3.63) is 12.2 Å². The van der Waals surface area contributed by atoms with E-state index in [1.54, 1.807) is 6.08 Å². The molecule has 1 aliphatic rings. The van der Waals surface area contributed by atoms with Gasteiger partial charge in [0, 0.05) is 6.16 Å². The van der Waals surface area contributed by atoms with Crippen molar-refractivity contribution < 1.29 is 23.4 Å². The van der Waals surface area contributed by atoms with Crippen LogP contribution in [0.3, 0.4) is 0 Å². The predicted molar refractivity (Wildman–Crippen MR) is 62.7 cm³/mol. The topological polar surface area (TPSA) is 83.8 Å². The van der Waals surface area contributed by atoms with E-state index in [1.165, 1.54) is 0 Å². The molecule has 0 aliphatic heterocycles. The fourth-order valence-corrected chi connectivity index (χ4v) is 5.08. The van der Waals surface area contributed by atoms with Gasteiger partial charge in [0.15, 0.2) is 0 Å². The second-order valence-corrected chi connectivity index (χ2v) is 10.2. The zero-order chi connectivity index (χ0) is 12.2. The van der Waals surface area contributed by atoms with Gasteiger partial charge in [0.2, 0.25) is 0 Å². The van der Waals surface area contributed by atoms with Crippen molar-refractivity contribution in [2.45, 2.75) is 38.7 Å². The van der Waals surface area contributed by atoms with Crippen molar-refractivity contribution in [3.63, 3.8) is 0 Å². The van der Waals surface area contributed by atoms with Gasteiger partial charge in [0.05, 0.1) is 6.10 Å². The molecule has 94 valence electrons. The Hall–Kier alpha value is 0.0800. The van der Waals surface area contributed by atoms with E-state index in [2.05, 4.69) is 0 Å². The predicted octanol–water partition coefficient (Wildman–Crippen LogP) is 2.89. The highest BCUT2D eigenvalue weighted by molar-refractivity contribution is 8.29. The second-order valence-electron chi connectivity index (χ2n) is 3.88. The number of rotatable bonds is 6. The van der Waals surface area contributed by atoms with Crippen LogP contribution >= 0.6 is 14.3 Å². The van der Waals surface area contributed by atoms with Gasteiger partial charge in [-0.1, -0.05) is 25.5 Å². The minimum absolute atomic E-state index is 0.159. The quantitative estimate of drug-likeness (QED) is 0.571. The number of allylic oxidation sites excluding steroid dienone is 1. The molecule has 0 aromatic carbocycles. The largest absolute Gasteiger partial charge is 0.410 e. The average molecular weight is 268 g/mol. The second kappa shape index (κ2) is 5.61. The van der Waals surface area contributed by atoms with Crippen LogP contribution in [-0.2, 0) is 13.7 Å². The van der Waals surface area contributed by atoms with E-state index in [0.29, 0.717) is 19.3 Å². The Morgan fingerprint density at radius 1 is 1.44 bits per heavy atom. The van der Waals surface area contributed by atoms with Crippen LogP contribution in [0.15, 0.2) is 12.2 Å². The van der Waals surface area contributed by atoms with Gasteiger partial charge in [-0.05, 0) is 19.3 Å². The Labute approximate surface area is 95.4 Å². The monoisotopic (exact) mass is 268 g/mol. The Morgan fingerprint density at radius 3 is 2.62 bits per heavy atom. The van der Waals surface area contributed by atoms with Crippen molar-refractivity contribution >= 4 is 14.3 Å². The summed E-state index contributed by atoms with van der Waals surface area (Å²) in [6.07, 6.45) is 5.34. The van der Waals surface area contributed by atoms with Gasteiger partial charge < -0.3 is 9.79 Å². The number of unbranched alkanes of at least 4 members (excludes halogenated alkanes) is 1. The Kier molecular flexibility index (Phi) is 4.96. The van der Waals surface area contributed by atoms with E-state index in [-0.39, 0.29) is 6.16 Å². The molecule has 3 atom stereocenters. The Morgan fingerprint density at radius 2 is 2.12 bits per heavy atom. The molecule has 0 fully saturated rings. The third kappa shape index (κ3) is 3.54. The van der Waals surface area contributed by atoms with Crippen molar-refractivity contribution in [1.82, 2.24) is 0 Å². The molecule has 0 bridgehead atoms. The first-order valence-corrected chi connectivity index (χ1v) is 9.52. The van der Waals surface area contributed by atoms with Gasteiger partial charge in [-0.3, -0.25) is 9.09 Å². The lowest BCUT2D eigenvalue weighted by molar-refractivity contribution is 0.218. The third-order valence-corrected chi connectivity index (χ3v) is 7.93. The summed E-state index contributed by atoms with van der Waals surface area (Å²) in [5.41, 5.74) is 0. The molecule has 3 unspecified atom stereocenters. The molecule has 0 aromatic rings. The van der Waals surface area contributed by atoms with Crippen LogP contribution < -0.4 is 0 Å². The minimum atomic E-state index is -4.41. The minimum Gasteiger partial charge on any atom is -0.336 e. The first-order valence-electron chi connectivity index (χ1n) is 5.39. The summed E-state index contributed by atoms with van der Waals surface area (Å²) >= 11 is 0. The Bertz CT molecular complexity index is 352. The highest BCUT2D eigenvalue weighted by atomic mass is 32.1. The maximum atomic E-state index is 11.7. The Balaban J connectivity index is 2.63. The molecular formula is C9H18O5P2. The molecule has 0 radical (unpaired) electrons. The molecule has 0 saturated heterocycles. The smallest absolute Gasteiger partial charge is 0.336 e. The van der Waals surface area contributed by atoms with Crippen molar-refractivity contribution in [3.8, 4) is 0 Å². The highest BCUT2D eigenvalue weighted by Gasteiger charge is 2.43. The molecular weight excluding hydrogens is 250 g/mol. The number of hydrogen-bond donors (Lipinski definition) is 2. The highest BCUT2D eigenvalue weighted by Crippen LogP contribution is 2.78. The fraction of sp³-hybridized carbons (Fsp3) is 0.778. The fourth-order valence-electron chi connectivity index (χ4n) is 1.43. The lowest BCUT2D eigenvalue weighted by Gasteiger charge is -2.20. The first-order chi connectivity index (χ1) is 7.39. The molecule has 0 saturated carbocycles. The van der Waals surface area contributed by atoms with Gasteiger partial charge in [-0.25, -0.2) is 4.57 Å². The van der Waals surface area contributed by atoms with E-state index in [4.69, 9.17) is 4.52 Å². The molecule has 0 amide bonds. The van der Waals surface area contributed by atoms with E-state index in [1.807, 2.05) is 13.0 Å². The maximum Gasteiger partial charge on any atom is 0.410 e. The van der Waals surface area contributed by atoms with Crippen LogP contribution in [0.25, 0.3) is 0 Å². The molecule has 1 aliphatic carbocycles. The van der Waals surface area contributed by atoms with Crippen LogP contribution in [0.5, 0.6) is 0 Å². The average Bonchev–Trinajstić information content (AvgIpc) is 2.66. The van der Waals surface area contributed by atoms with Gasteiger partial charge in [0.25, 0.3) is 0 Å². The van der Waals surface area contributed by atoms with Crippen LogP contribution in [0.2, 0.25) is 0 Å². The van der Waals surface area contributed by atoms with Crippen LogP contribution in [0.4, 0.5) is 0 Å². The summed E-state index contributed by atoms with van der Waals surface area (Å²) in [5.74, 6) is 0. The summed E-state index contributed by atoms with van der Waals surface area (Å²) in [6.45, 7) is 1.85. The van der Waals surface area contributed by atoms with Crippen LogP contribution in [-0.4, -0.2) is 22.1 Å². The van der Waals surface area contributed by atoms with Crippen molar-refractivity contribution in [1.29, 1.82) is 0 Å². The number of hydrogen-bond acceptors (Lipinski definition) is 3. The SMILES string of the molecule is CCCCP(=O)(O)P(=O)(O)OC1C=CCC1. The molecule has 2 N–H and O–H groups in total. The summed E-state index contributed by atoms with van der Waals surface area (Å²) < 4.78 is 28.2.